The Labute approximate surface area is 181 Å². The van der Waals surface area contributed by atoms with E-state index in [0.717, 1.165) is 12.0 Å². The summed E-state index contributed by atoms with van der Waals surface area (Å²) in [6, 6.07) is 11.6. The van der Waals surface area contributed by atoms with Crippen molar-refractivity contribution in [3.63, 3.8) is 0 Å². The number of piperidine rings is 1. The Balaban J connectivity index is 0.00000320. The van der Waals surface area contributed by atoms with Gasteiger partial charge in [0.05, 0.1) is 18.6 Å². The van der Waals surface area contributed by atoms with Gasteiger partial charge in [-0.3, -0.25) is 9.59 Å². The minimum absolute atomic E-state index is 0. The Morgan fingerprint density at radius 1 is 1.10 bits per heavy atom. The van der Waals surface area contributed by atoms with Gasteiger partial charge in [-0.1, -0.05) is 12.1 Å². The van der Waals surface area contributed by atoms with Gasteiger partial charge in [-0.05, 0) is 61.7 Å². The van der Waals surface area contributed by atoms with Gasteiger partial charge in [0.1, 0.15) is 17.3 Å². The predicted octanol–water partition coefficient (Wildman–Crippen LogP) is 3.57. The lowest BCUT2D eigenvalue weighted by Crippen LogP contribution is -2.40. The van der Waals surface area contributed by atoms with Crippen LogP contribution in [-0.2, 0) is 16.0 Å². The van der Waals surface area contributed by atoms with E-state index in [1.807, 2.05) is 24.3 Å². The van der Waals surface area contributed by atoms with Crippen molar-refractivity contribution >= 4 is 24.3 Å². The summed E-state index contributed by atoms with van der Waals surface area (Å²) in [5.41, 5.74) is 6.61. The molecule has 1 fully saturated rings. The highest BCUT2D eigenvalue weighted by Gasteiger charge is 2.29. The maximum atomic E-state index is 14.3. The van der Waals surface area contributed by atoms with E-state index in [-0.39, 0.29) is 29.9 Å². The summed E-state index contributed by atoms with van der Waals surface area (Å²) in [5.74, 6) is -0.521. The number of nitrogens with zero attached hydrogens (tertiary/aromatic N) is 1. The van der Waals surface area contributed by atoms with Crippen molar-refractivity contribution in [1.29, 1.82) is 0 Å². The summed E-state index contributed by atoms with van der Waals surface area (Å²) in [5, 5.41) is 0. The number of likely N-dealkylation sites (tertiary alicyclic amines) is 1. The number of carbonyl (C=O) groups excluding carboxylic acids is 2. The minimum Gasteiger partial charge on any atom is -0.469 e. The Hall–Kier alpha value is -2.64. The molecule has 0 aliphatic carbocycles. The number of methoxy groups -OCH3 is 1. The maximum absolute atomic E-state index is 14.3. The third kappa shape index (κ3) is 5.70. The molecular weight excluding hydrogens is 411 g/mol. The van der Waals surface area contributed by atoms with Gasteiger partial charge < -0.3 is 20.1 Å². The number of hydrogen-bond donors (Lipinski definition) is 1. The van der Waals surface area contributed by atoms with E-state index < -0.39 is 11.7 Å². The molecular formula is C22H26ClFN2O4. The Morgan fingerprint density at radius 2 is 1.73 bits per heavy atom. The van der Waals surface area contributed by atoms with Crippen molar-refractivity contribution in [1.82, 2.24) is 4.90 Å². The molecule has 0 radical (unpaired) electrons. The highest BCUT2D eigenvalue weighted by Crippen LogP contribution is 2.26. The van der Waals surface area contributed by atoms with Crippen molar-refractivity contribution in [2.45, 2.75) is 19.3 Å². The molecule has 0 saturated carbocycles. The first-order chi connectivity index (χ1) is 14.0. The average Bonchev–Trinajstić information content (AvgIpc) is 2.75. The quantitative estimate of drug-likeness (QED) is 0.700. The zero-order chi connectivity index (χ0) is 20.8. The second-order valence-corrected chi connectivity index (χ2v) is 7.02. The number of hydrogen-bond acceptors (Lipinski definition) is 5. The largest absolute Gasteiger partial charge is 0.469 e. The molecule has 1 heterocycles. The van der Waals surface area contributed by atoms with Crippen LogP contribution in [0.15, 0.2) is 42.5 Å². The summed E-state index contributed by atoms with van der Waals surface area (Å²) in [7, 11) is 1.35. The third-order valence-electron chi connectivity index (χ3n) is 5.08. The molecule has 30 heavy (non-hydrogen) atoms. The fourth-order valence-electron chi connectivity index (χ4n) is 3.41. The Morgan fingerprint density at radius 3 is 2.33 bits per heavy atom. The molecule has 1 saturated heterocycles. The number of ether oxygens (including phenoxy) is 2. The molecule has 2 N–H and O–H groups in total. The molecule has 3 rings (SSSR count). The van der Waals surface area contributed by atoms with Gasteiger partial charge in [0.15, 0.2) is 0 Å². The van der Waals surface area contributed by atoms with Gasteiger partial charge in [-0.15, -0.1) is 12.4 Å². The van der Waals surface area contributed by atoms with Crippen LogP contribution in [0.3, 0.4) is 0 Å². The molecule has 6 nitrogen and oxygen atoms in total. The molecule has 0 unspecified atom stereocenters. The van der Waals surface area contributed by atoms with E-state index in [2.05, 4.69) is 0 Å². The second kappa shape index (κ2) is 10.9. The minimum atomic E-state index is -0.601. The summed E-state index contributed by atoms with van der Waals surface area (Å²) >= 11 is 0. The molecule has 1 aliphatic rings. The van der Waals surface area contributed by atoms with E-state index in [1.54, 1.807) is 4.90 Å². The van der Waals surface area contributed by atoms with Crippen LogP contribution in [0.1, 0.15) is 28.8 Å². The van der Waals surface area contributed by atoms with Gasteiger partial charge in [0.2, 0.25) is 0 Å². The predicted molar refractivity (Wildman–Crippen MR) is 114 cm³/mol. The molecule has 0 bridgehead atoms. The molecule has 2 aromatic carbocycles. The molecule has 0 spiro atoms. The fraction of sp³-hybridized carbons (Fsp3) is 0.364. The van der Waals surface area contributed by atoms with Crippen molar-refractivity contribution < 1.29 is 23.5 Å². The number of carbonyl (C=O) groups is 2. The first-order valence-electron chi connectivity index (χ1n) is 9.65. The maximum Gasteiger partial charge on any atom is 0.308 e. The zero-order valence-corrected chi connectivity index (χ0v) is 17.6. The topological polar surface area (TPSA) is 81.9 Å². The van der Waals surface area contributed by atoms with E-state index in [4.69, 9.17) is 15.2 Å². The standard InChI is InChI=1S/C22H25FN2O4.ClH/c1-28-22(27)16-9-12-25(13-10-16)21(26)19-14-18(6-7-20(19)23)29-17-4-2-15(3-5-17)8-11-24;/h2-7,14,16H,8-13,24H2,1H3;1H. The van der Waals surface area contributed by atoms with Gasteiger partial charge >= 0.3 is 5.97 Å². The SMILES string of the molecule is COC(=O)C1CCN(C(=O)c2cc(Oc3ccc(CCN)cc3)ccc2F)CC1.Cl. The van der Waals surface area contributed by atoms with Gasteiger partial charge in [0, 0.05) is 13.1 Å². The van der Waals surface area contributed by atoms with E-state index >= 15 is 0 Å². The number of halogens is 2. The van der Waals surface area contributed by atoms with Crippen LogP contribution >= 0.6 is 12.4 Å². The molecule has 8 heteroatoms. The number of amides is 1. The van der Waals surface area contributed by atoms with Crippen molar-refractivity contribution in [3.05, 3.63) is 59.4 Å². The lowest BCUT2D eigenvalue weighted by molar-refractivity contribution is -0.146. The molecule has 0 atom stereocenters. The number of rotatable bonds is 6. The molecule has 1 aliphatic heterocycles. The highest BCUT2D eigenvalue weighted by molar-refractivity contribution is 5.95. The van der Waals surface area contributed by atoms with E-state index in [0.29, 0.717) is 44.0 Å². The van der Waals surface area contributed by atoms with Gasteiger partial charge in [-0.25, -0.2) is 4.39 Å². The molecule has 0 aromatic heterocycles. The molecule has 162 valence electrons. The zero-order valence-electron chi connectivity index (χ0n) is 16.8. The van der Waals surface area contributed by atoms with Gasteiger partial charge in [-0.2, -0.15) is 0 Å². The summed E-state index contributed by atoms with van der Waals surface area (Å²) in [6.45, 7) is 1.33. The van der Waals surface area contributed by atoms with Crippen molar-refractivity contribution in [2.24, 2.45) is 11.7 Å². The van der Waals surface area contributed by atoms with Crippen LogP contribution in [-0.4, -0.2) is 43.5 Å². The Kier molecular flexibility index (Phi) is 8.62. The lowest BCUT2D eigenvalue weighted by Gasteiger charge is -2.30. The molecule has 1 amide bonds. The number of esters is 1. The molecule has 2 aromatic rings. The second-order valence-electron chi connectivity index (χ2n) is 7.02. The normalized spacial score (nSPS) is 14.0. The summed E-state index contributed by atoms with van der Waals surface area (Å²) < 4.78 is 24.9. The summed E-state index contributed by atoms with van der Waals surface area (Å²) in [6.07, 6.45) is 1.79. The van der Waals surface area contributed by atoms with Crippen molar-refractivity contribution in [2.75, 3.05) is 26.7 Å². The van der Waals surface area contributed by atoms with E-state index in [1.165, 1.54) is 25.3 Å². The average molecular weight is 437 g/mol. The lowest BCUT2D eigenvalue weighted by atomic mass is 9.96. The van der Waals surface area contributed by atoms with Gasteiger partial charge in [0.25, 0.3) is 5.91 Å². The van der Waals surface area contributed by atoms with Crippen LogP contribution < -0.4 is 10.5 Å². The van der Waals surface area contributed by atoms with Crippen LogP contribution in [0.5, 0.6) is 11.5 Å². The number of nitrogens with two attached hydrogens (primary N) is 1. The van der Waals surface area contributed by atoms with Crippen LogP contribution in [0.2, 0.25) is 0 Å². The first kappa shape index (κ1) is 23.6. The van der Waals surface area contributed by atoms with Crippen LogP contribution in [0, 0.1) is 11.7 Å². The van der Waals surface area contributed by atoms with E-state index in [9.17, 15) is 14.0 Å². The third-order valence-corrected chi connectivity index (χ3v) is 5.08. The van der Waals surface area contributed by atoms with Crippen LogP contribution in [0.4, 0.5) is 4.39 Å². The highest BCUT2D eigenvalue weighted by atomic mass is 35.5. The van der Waals surface area contributed by atoms with Crippen LogP contribution in [0.25, 0.3) is 0 Å². The summed E-state index contributed by atoms with van der Waals surface area (Å²) in [4.78, 5) is 26.0. The smallest absolute Gasteiger partial charge is 0.308 e. The fourth-order valence-corrected chi connectivity index (χ4v) is 3.41. The Bertz CT molecular complexity index is 868. The monoisotopic (exact) mass is 436 g/mol. The first-order valence-corrected chi connectivity index (χ1v) is 9.65. The number of benzene rings is 2. The van der Waals surface area contributed by atoms with Crippen molar-refractivity contribution in [3.8, 4) is 11.5 Å².